The van der Waals surface area contributed by atoms with E-state index in [0.717, 1.165) is 25.9 Å². The highest BCUT2D eigenvalue weighted by atomic mass is 19.1. The zero-order valence-electron chi connectivity index (χ0n) is 15.8. The van der Waals surface area contributed by atoms with Gasteiger partial charge >= 0.3 is 6.03 Å². The first-order chi connectivity index (χ1) is 12.9. The van der Waals surface area contributed by atoms with E-state index in [9.17, 15) is 14.0 Å². The molecular formula is C19H27FN4O3. The van der Waals surface area contributed by atoms with Gasteiger partial charge in [-0.2, -0.15) is 0 Å². The third kappa shape index (κ3) is 5.09. The van der Waals surface area contributed by atoms with Gasteiger partial charge in [-0.3, -0.25) is 4.79 Å². The standard InChI is InChI=1S/C19H27FN4O3/c1-13-11-24(12-14(2)27-13)17-6-5-15(9-16(17)20)22-19(26)21-10-18(25)23-7-3-4-8-23/h5-6,9,13-14H,3-4,7-8,10-12H2,1-2H3,(H2,21,22,26). The maximum Gasteiger partial charge on any atom is 0.319 e. The lowest BCUT2D eigenvalue weighted by atomic mass is 10.2. The van der Waals surface area contributed by atoms with Crippen LogP contribution >= 0.6 is 0 Å². The molecule has 2 aliphatic heterocycles. The zero-order chi connectivity index (χ0) is 19.4. The molecule has 2 atom stereocenters. The van der Waals surface area contributed by atoms with Crippen molar-refractivity contribution in [1.29, 1.82) is 0 Å². The van der Waals surface area contributed by atoms with Crippen molar-refractivity contribution in [3.63, 3.8) is 0 Å². The third-order valence-electron chi connectivity index (χ3n) is 4.82. The Balaban J connectivity index is 1.54. The molecule has 2 heterocycles. The topological polar surface area (TPSA) is 73.9 Å². The number of hydrogen-bond acceptors (Lipinski definition) is 4. The molecule has 0 bridgehead atoms. The van der Waals surface area contributed by atoms with Crippen LogP contribution in [0.5, 0.6) is 0 Å². The van der Waals surface area contributed by atoms with Crippen molar-refractivity contribution >= 4 is 23.3 Å². The fraction of sp³-hybridized carbons (Fsp3) is 0.579. The van der Waals surface area contributed by atoms with E-state index >= 15 is 0 Å². The molecule has 2 aliphatic rings. The summed E-state index contributed by atoms with van der Waals surface area (Å²) in [7, 11) is 0. The molecule has 0 saturated carbocycles. The van der Waals surface area contributed by atoms with E-state index in [1.54, 1.807) is 17.0 Å². The number of hydrogen-bond donors (Lipinski definition) is 2. The molecule has 3 amide bonds. The summed E-state index contributed by atoms with van der Waals surface area (Å²) in [4.78, 5) is 27.6. The SMILES string of the molecule is CC1CN(c2ccc(NC(=O)NCC(=O)N3CCCC3)cc2F)CC(C)O1. The van der Waals surface area contributed by atoms with Crippen LogP contribution in [0.15, 0.2) is 18.2 Å². The molecule has 1 aromatic carbocycles. The molecule has 0 aromatic heterocycles. The fourth-order valence-electron chi connectivity index (χ4n) is 3.63. The van der Waals surface area contributed by atoms with Crippen LogP contribution in [-0.4, -0.2) is 61.8 Å². The van der Waals surface area contributed by atoms with Crippen LogP contribution in [0.3, 0.4) is 0 Å². The lowest BCUT2D eigenvalue weighted by Gasteiger charge is -2.37. The van der Waals surface area contributed by atoms with Crippen molar-refractivity contribution in [3.05, 3.63) is 24.0 Å². The number of carbonyl (C=O) groups excluding carboxylic acids is 2. The normalized spacial score (nSPS) is 22.6. The average molecular weight is 378 g/mol. The molecule has 1 aromatic rings. The number of carbonyl (C=O) groups is 2. The van der Waals surface area contributed by atoms with Gasteiger partial charge in [0, 0.05) is 31.9 Å². The summed E-state index contributed by atoms with van der Waals surface area (Å²) in [6.45, 7) is 6.59. The first kappa shape index (κ1) is 19.4. The van der Waals surface area contributed by atoms with Crippen molar-refractivity contribution < 1.29 is 18.7 Å². The molecule has 27 heavy (non-hydrogen) atoms. The Morgan fingerprint density at radius 1 is 1.19 bits per heavy atom. The van der Waals surface area contributed by atoms with Gasteiger partial charge in [0.25, 0.3) is 0 Å². The minimum absolute atomic E-state index is 0.0323. The molecule has 2 fully saturated rings. The van der Waals surface area contributed by atoms with Gasteiger partial charge < -0.3 is 25.2 Å². The van der Waals surface area contributed by atoms with Gasteiger partial charge in [0.15, 0.2) is 0 Å². The van der Waals surface area contributed by atoms with Gasteiger partial charge in [0.2, 0.25) is 5.91 Å². The van der Waals surface area contributed by atoms with Gasteiger partial charge in [0.1, 0.15) is 5.82 Å². The maximum absolute atomic E-state index is 14.5. The second-order valence-corrected chi connectivity index (χ2v) is 7.22. The number of benzene rings is 1. The van der Waals surface area contributed by atoms with Gasteiger partial charge in [-0.05, 0) is 44.9 Å². The predicted octanol–water partition coefficient (Wildman–Crippen LogP) is 2.18. The van der Waals surface area contributed by atoms with Crippen LogP contribution in [0.4, 0.5) is 20.6 Å². The molecule has 7 nitrogen and oxygen atoms in total. The van der Waals surface area contributed by atoms with Crippen LogP contribution in [-0.2, 0) is 9.53 Å². The lowest BCUT2D eigenvalue weighted by molar-refractivity contribution is -0.128. The van der Waals surface area contributed by atoms with E-state index in [-0.39, 0.29) is 24.7 Å². The van der Waals surface area contributed by atoms with Crippen LogP contribution in [0, 0.1) is 5.82 Å². The molecular weight excluding hydrogens is 351 g/mol. The summed E-state index contributed by atoms with van der Waals surface area (Å²) in [6, 6.07) is 4.08. The zero-order valence-corrected chi connectivity index (χ0v) is 15.8. The van der Waals surface area contributed by atoms with Gasteiger partial charge in [-0.1, -0.05) is 0 Å². The van der Waals surface area contributed by atoms with E-state index in [1.165, 1.54) is 6.07 Å². The Hall–Kier alpha value is -2.35. The van der Waals surface area contributed by atoms with Crippen LogP contribution in [0.2, 0.25) is 0 Å². The molecule has 3 rings (SSSR count). The van der Waals surface area contributed by atoms with Crippen LogP contribution in [0.1, 0.15) is 26.7 Å². The summed E-state index contributed by atoms with van der Waals surface area (Å²) in [6.07, 6.45) is 2.07. The number of nitrogens with zero attached hydrogens (tertiary/aromatic N) is 2. The van der Waals surface area contributed by atoms with Crippen molar-refractivity contribution in [2.75, 3.05) is 42.9 Å². The second-order valence-electron chi connectivity index (χ2n) is 7.22. The number of halogens is 1. The number of morpholine rings is 1. The summed E-state index contributed by atoms with van der Waals surface area (Å²) < 4.78 is 20.2. The summed E-state index contributed by atoms with van der Waals surface area (Å²) in [5.41, 5.74) is 0.837. The Bertz CT molecular complexity index is 684. The number of likely N-dealkylation sites (tertiary alicyclic amines) is 1. The van der Waals surface area contributed by atoms with Gasteiger partial charge in [-0.25, -0.2) is 9.18 Å². The van der Waals surface area contributed by atoms with Crippen molar-refractivity contribution in [3.8, 4) is 0 Å². The Kier molecular flexibility index (Phi) is 6.15. The Morgan fingerprint density at radius 3 is 2.48 bits per heavy atom. The molecule has 2 saturated heterocycles. The second kappa shape index (κ2) is 8.56. The molecule has 2 N–H and O–H groups in total. The summed E-state index contributed by atoms with van der Waals surface area (Å²) in [5.74, 6) is -0.498. The largest absolute Gasteiger partial charge is 0.372 e. The summed E-state index contributed by atoms with van der Waals surface area (Å²) >= 11 is 0. The number of anilines is 2. The van der Waals surface area contributed by atoms with E-state index < -0.39 is 11.8 Å². The van der Waals surface area contributed by atoms with Crippen LogP contribution in [0.25, 0.3) is 0 Å². The van der Waals surface area contributed by atoms with Crippen molar-refractivity contribution in [2.45, 2.75) is 38.9 Å². The van der Waals surface area contributed by atoms with Gasteiger partial charge in [0.05, 0.1) is 24.4 Å². The molecule has 0 radical (unpaired) electrons. The minimum Gasteiger partial charge on any atom is -0.372 e. The fourth-order valence-corrected chi connectivity index (χ4v) is 3.63. The Morgan fingerprint density at radius 2 is 1.85 bits per heavy atom. The molecule has 0 spiro atoms. The quantitative estimate of drug-likeness (QED) is 0.842. The number of amides is 3. The first-order valence-electron chi connectivity index (χ1n) is 9.45. The molecule has 0 aliphatic carbocycles. The van der Waals surface area contributed by atoms with E-state index in [1.807, 2.05) is 18.7 Å². The van der Waals surface area contributed by atoms with E-state index in [4.69, 9.17) is 4.74 Å². The monoisotopic (exact) mass is 378 g/mol. The smallest absolute Gasteiger partial charge is 0.319 e. The van der Waals surface area contributed by atoms with E-state index in [0.29, 0.717) is 24.5 Å². The lowest BCUT2D eigenvalue weighted by Crippen LogP contribution is -2.45. The summed E-state index contributed by atoms with van der Waals surface area (Å²) in [5, 5.41) is 5.10. The maximum atomic E-state index is 14.5. The van der Waals surface area contributed by atoms with Gasteiger partial charge in [-0.15, -0.1) is 0 Å². The van der Waals surface area contributed by atoms with E-state index in [2.05, 4.69) is 10.6 Å². The van der Waals surface area contributed by atoms with Crippen molar-refractivity contribution in [1.82, 2.24) is 10.2 Å². The molecule has 2 unspecified atom stereocenters. The highest BCUT2D eigenvalue weighted by molar-refractivity contribution is 5.92. The van der Waals surface area contributed by atoms with Crippen molar-refractivity contribution in [2.24, 2.45) is 0 Å². The third-order valence-corrected chi connectivity index (χ3v) is 4.82. The Labute approximate surface area is 158 Å². The number of rotatable bonds is 4. The highest BCUT2D eigenvalue weighted by Crippen LogP contribution is 2.26. The number of urea groups is 1. The first-order valence-corrected chi connectivity index (χ1v) is 9.45. The molecule has 148 valence electrons. The number of nitrogens with one attached hydrogen (secondary N) is 2. The number of ether oxygens (including phenoxy) is 1. The molecule has 8 heteroatoms. The highest BCUT2D eigenvalue weighted by Gasteiger charge is 2.24. The van der Waals surface area contributed by atoms with Crippen LogP contribution < -0.4 is 15.5 Å². The predicted molar refractivity (Wildman–Crippen MR) is 101 cm³/mol. The minimum atomic E-state index is -0.525. The average Bonchev–Trinajstić information content (AvgIpc) is 3.13.